The number of nitrogens with zero attached hydrogens (tertiary/aromatic N) is 4. The van der Waals surface area contributed by atoms with E-state index in [1.54, 1.807) is 25.3 Å². The lowest BCUT2D eigenvalue weighted by Gasteiger charge is -2.20. The minimum absolute atomic E-state index is 0.0177. The normalized spacial score (nSPS) is 11.9. The van der Waals surface area contributed by atoms with Crippen molar-refractivity contribution in [3.63, 3.8) is 0 Å². The van der Waals surface area contributed by atoms with Gasteiger partial charge in [0, 0.05) is 22.2 Å². The number of para-hydroxylation sites is 1. The number of rotatable bonds is 8. The summed E-state index contributed by atoms with van der Waals surface area (Å²) in [4.78, 5) is 30.0. The van der Waals surface area contributed by atoms with Crippen molar-refractivity contribution < 1.29 is 14.4 Å². The van der Waals surface area contributed by atoms with E-state index in [9.17, 15) is 14.9 Å². The average molecular weight is 577 g/mol. The second-order valence-corrected chi connectivity index (χ2v) is 11.8. The van der Waals surface area contributed by atoms with Gasteiger partial charge in [0.15, 0.2) is 5.82 Å². The minimum atomic E-state index is -0.551. The molecule has 0 fully saturated rings. The molecular weight excluding hydrogens is 544 g/mol. The maximum Gasteiger partial charge on any atom is 0.313 e. The van der Waals surface area contributed by atoms with E-state index in [0.717, 1.165) is 16.9 Å². The summed E-state index contributed by atoms with van der Waals surface area (Å²) in [6.07, 6.45) is 1.35. The number of hydrogen-bond donors (Lipinski definition) is 0. The molecule has 1 aromatic heterocycles. The molecule has 3 aromatic carbocycles. The Morgan fingerprint density at radius 1 is 1.17 bits per heavy atom. The molecule has 0 saturated heterocycles. The molecule has 214 valence electrons. The zero-order valence-corrected chi connectivity index (χ0v) is 24.9. The molecule has 0 unspecified atom stereocenters. The van der Waals surface area contributed by atoms with Crippen molar-refractivity contribution in [3.8, 4) is 22.9 Å². The van der Waals surface area contributed by atoms with Gasteiger partial charge in [0.05, 0.1) is 35.8 Å². The van der Waals surface area contributed by atoms with E-state index < -0.39 is 10.5 Å². The van der Waals surface area contributed by atoms with Crippen molar-refractivity contribution in [2.75, 3.05) is 13.7 Å². The summed E-state index contributed by atoms with van der Waals surface area (Å²) in [5, 5.41) is 16.9. The molecule has 0 atom stereocenters. The van der Waals surface area contributed by atoms with Crippen LogP contribution in [0.2, 0.25) is 5.02 Å². The van der Waals surface area contributed by atoms with Gasteiger partial charge in [-0.3, -0.25) is 14.9 Å². The molecule has 4 rings (SSSR count). The van der Waals surface area contributed by atoms with E-state index in [1.165, 1.54) is 23.0 Å². The van der Waals surface area contributed by atoms with Crippen molar-refractivity contribution in [1.82, 2.24) is 9.66 Å². The van der Waals surface area contributed by atoms with E-state index in [0.29, 0.717) is 22.3 Å². The smallest absolute Gasteiger partial charge is 0.313 e. The number of halogens is 1. The molecule has 0 spiro atoms. The Kier molecular flexibility index (Phi) is 8.49. The molecule has 0 aliphatic carbocycles. The van der Waals surface area contributed by atoms with E-state index in [4.69, 9.17) is 26.1 Å². The number of nitro benzene ring substituents is 1. The van der Waals surface area contributed by atoms with Crippen molar-refractivity contribution in [2.24, 2.45) is 10.5 Å². The Hall–Kier alpha value is -4.24. The van der Waals surface area contributed by atoms with Crippen LogP contribution in [0.25, 0.3) is 22.3 Å². The summed E-state index contributed by atoms with van der Waals surface area (Å²) < 4.78 is 12.8. The van der Waals surface area contributed by atoms with Crippen LogP contribution >= 0.6 is 11.6 Å². The van der Waals surface area contributed by atoms with Gasteiger partial charge in [-0.25, -0.2) is 4.98 Å². The number of fused-ring (bicyclic) bond motifs is 1. The number of aromatic nitrogens is 2. The maximum absolute atomic E-state index is 13.8. The Bertz CT molecular complexity index is 1720. The monoisotopic (exact) mass is 576 g/mol. The van der Waals surface area contributed by atoms with E-state index >= 15 is 0 Å². The van der Waals surface area contributed by atoms with Crippen LogP contribution in [0, 0.1) is 22.5 Å². The number of nitro groups is 1. The molecule has 0 saturated carbocycles. The fourth-order valence-corrected chi connectivity index (χ4v) is 4.59. The molecule has 0 aliphatic heterocycles. The molecule has 0 N–H and O–H groups in total. The first-order valence-electron chi connectivity index (χ1n) is 13.2. The summed E-state index contributed by atoms with van der Waals surface area (Å²) in [6.45, 7) is 12.1. The van der Waals surface area contributed by atoms with Crippen molar-refractivity contribution in [3.05, 3.63) is 90.7 Å². The van der Waals surface area contributed by atoms with Crippen LogP contribution in [0.3, 0.4) is 0 Å². The quantitative estimate of drug-likeness (QED) is 0.123. The predicted molar refractivity (Wildman–Crippen MR) is 163 cm³/mol. The van der Waals surface area contributed by atoms with Gasteiger partial charge < -0.3 is 9.47 Å². The number of aryl methyl sites for hydroxylation is 1. The third kappa shape index (κ3) is 6.41. The first-order chi connectivity index (χ1) is 19.3. The Morgan fingerprint density at radius 2 is 1.88 bits per heavy atom. The minimum Gasteiger partial charge on any atom is -0.496 e. The number of ether oxygens (including phenoxy) is 2. The van der Waals surface area contributed by atoms with Crippen LogP contribution in [-0.2, 0) is 0 Å². The number of hydrogen-bond acceptors (Lipinski definition) is 7. The fourth-order valence-electron chi connectivity index (χ4n) is 4.37. The summed E-state index contributed by atoms with van der Waals surface area (Å²) >= 11 is 6.26. The molecule has 1 heterocycles. The highest BCUT2D eigenvalue weighted by Crippen LogP contribution is 2.36. The number of benzene rings is 3. The van der Waals surface area contributed by atoms with Crippen molar-refractivity contribution in [1.29, 1.82) is 0 Å². The molecule has 0 amide bonds. The second kappa shape index (κ2) is 11.7. The lowest BCUT2D eigenvalue weighted by atomic mass is 9.96. The largest absolute Gasteiger partial charge is 0.496 e. The highest BCUT2D eigenvalue weighted by Gasteiger charge is 2.24. The van der Waals surface area contributed by atoms with Gasteiger partial charge in [-0.05, 0) is 59.7 Å². The van der Waals surface area contributed by atoms with Gasteiger partial charge >= 0.3 is 5.69 Å². The van der Waals surface area contributed by atoms with Gasteiger partial charge in [0.2, 0.25) is 5.75 Å². The standard InChI is InChI=1S/C31H33ClN4O5/c1-18(2)23-15-24(19(3)12-27(23)40-7)29-34-25-11-9-8-10-22(25)30(37)35(29)33-16-20-13-21(32)14-26(36(38)39)28(20)41-17-31(4,5)6/h8-16,18H,17H2,1-7H3. The van der Waals surface area contributed by atoms with E-state index in [1.807, 2.05) is 45.9 Å². The maximum atomic E-state index is 13.8. The zero-order valence-electron chi connectivity index (χ0n) is 24.2. The Labute approximate surface area is 243 Å². The first-order valence-corrected chi connectivity index (χ1v) is 13.5. The van der Waals surface area contributed by atoms with Crippen molar-refractivity contribution in [2.45, 2.75) is 47.5 Å². The lowest BCUT2D eigenvalue weighted by Crippen LogP contribution is -2.21. The van der Waals surface area contributed by atoms with Gasteiger partial charge in [0.1, 0.15) is 5.75 Å². The van der Waals surface area contributed by atoms with Crippen LogP contribution in [0.15, 0.2) is 58.4 Å². The van der Waals surface area contributed by atoms with Crippen LogP contribution in [-0.4, -0.2) is 34.5 Å². The first kappa shape index (κ1) is 29.7. The number of methoxy groups -OCH3 is 1. The topological polar surface area (TPSA) is 109 Å². The van der Waals surface area contributed by atoms with Crippen LogP contribution in [0.1, 0.15) is 57.2 Å². The molecule has 4 aromatic rings. The van der Waals surface area contributed by atoms with Gasteiger partial charge in [-0.1, -0.05) is 58.4 Å². The molecule has 41 heavy (non-hydrogen) atoms. The molecule has 0 aliphatic rings. The van der Waals surface area contributed by atoms with Gasteiger partial charge in [0.25, 0.3) is 5.56 Å². The van der Waals surface area contributed by atoms with Gasteiger partial charge in [-0.2, -0.15) is 9.78 Å². The van der Waals surface area contributed by atoms with Crippen LogP contribution in [0.4, 0.5) is 5.69 Å². The predicted octanol–water partition coefficient (Wildman–Crippen LogP) is 7.37. The Morgan fingerprint density at radius 3 is 2.51 bits per heavy atom. The average Bonchev–Trinajstić information content (AvgIpc) is 2.90. The molecular formula is C31H33ClN4O5. The zero-order chi connectivity index (χ0) is 30.1. The molecule has 9 nitrogen and oxygen atoms in total. The van der Waals surface area contributed by atoms with Crippen molar-refractivity contribution >= 4 is 34.4 Å². The lowest BCUT2D eigenvalue weighted by molar-refractivity contribution is -0.385. The second-order valence-electron chi connectivity index (χ2n) is 11.3. The van der Waals surface area contributed by atoms with E-state index in [2.05, 4.69) is 18.9 Å². The highest BCUT2D eigenvalue weighted by atomic mass is 35.5. The van der Waals surface area contributed by atoms with Crippen LogP contribution < -0.4 is 15.0 Å². The molecule has 0 radical (unpaired) electrons. The van der Waals surface area contributed by atoms with Gasteiger partial charge in [-0.15, -0.1) is 0 Å². The summed E-state index contributed by atoms with van der Waals surface area (Å²) in [7, 11) is 1.62. The summed E-state index contributed by atoms with van der Waals surface area (Å²) in [5.74, 6) is 1.22. The fraction of sp³-hybridized carbons (Fsp3) is 0.323. The highest BCUT2D eigenvalue weighted by molar-refractivity contribution is 6.31. The van der Waals surface area contributed by atoms with E-state index in [-0.39, 0.29) is 40.0 Å². The summed E-state index contributed by atoms with van der Waals surface area (Å²) in [6, 6.07) is 13.7. The third-order valence-corrected chi connectivity index (χ3v) is 6.63. The van der Waals surface area contributed by atoms with Crippen LogP contribution in [0.5, 0.6) is 11.5 Å². The Balaban J connectivity index is 1.99. The summed E-state index contributed by atoms with van der Waals surface area (Å²) in [5.41, 5.74) is 2.32. The molecule has 10 heteroatoms. The molecule has 0 bridgehead atoms. The third-order valence-electron chi connectivity index (χ3n) is 6.41. The SMILES string of the molecule is COc1cc(C)c(-c2nc3ccccc3c(=O)n2N=Cc2cc(Cl)cc([N+](=O)[O-])c2OCC(C)(C)C)cc1C(C)C.